The van der Waals surface area contributed by atoms with Crippen LogP contribution >= 0.6 is 0 Å². The van der Waals surface area contributed by atoms with Crippen molar-refractivity contribution < 1.29 is 21.2 Å². The van der Waals surface area contributed by atoms with Gasteiger partial charge in [0.15, 0.2) is 19.7 Å². The molecule has 2 aliphatic heterocycles. The summed E-state index contributed by atoms with van der Waals surface area (Å²) in [5.41, 5.74) is 1.36. The van der Waals surface area contributed by atoms with Crippen LogP contribution in [0.1, 0.15) is 11.1 Å². The van der Waals surface area contributed by atoms with Crippen molar-refractivity contribution in [3.05, 3.63) is 71.6 Å². The fourth-order valence-electron chi connectivity index (χ4n) is 4.58. The third kappa shape index (κ3) is 5.54. The van der Waals surface area contributed by atoms with Crippen LogP contribution in [0.3, 0.4) is 0 Å². The average Bonchev–Trinajstić information content (AvgIpc) is 3.13. The van der Waals surface area contributed by atoms with Gasteiger partial charge in [-0.1, -0.05) is 42.5 Å². The van der Waals surface area contributed by atoms with Crippen molar-refractivity contribution in [1.82, 2.24) is 9.80 Å². The smallest absolute Gasteiger partial charge is 0.183 e. The molecule has 2 atom stereocenters. The maximum absolute atomic E-state index is 13.7. The first kappa shape index (κ1) is 24.1. The second-order valence-electron chi connectivity index (χ2n) is 8.79. The van der Waals surface area contributed by atoms with Crippen LogP contribution in [0.25, 0.3) is 6.08 Å². The molecule has 2 aromatic carbocycles. The molecule has 178 valence electrons. The van der Waals surface area contributed by atoms with Crippen LogP contribution in [0.2, 0.25) is 0 Å². The monoisotopic (exact) mass is 492 g/mol. The molecule has 33 heavy (non-hydrogen) atoms. The van der Waals surface area contributed by atoms with Crippen molar-refractivity contribution in [3.63, 3.8) is 0 Å². The summed E-state index contributed by atoms with van der Waals surface area (Å²) in [4.78, 5) is 4.26. The van der Waals surface area contributed by atoms with Crippen molar-refractivity contribution in [2.75, 3.05) is 44.2 Å². The molecule has 0 amide bonds. The molecule has 0 N–H and O–H groups in total. The summed E-state index contributed by atoms with van der Waals surface area (Å²) in [5, 5.41) is -1.04. The van der Waals surface area contributed by atoms with Crippen molar-refractivity contribution in [2.45, 2.75) is 23.1 Å². The summed E-state index contributed by atoms with van der Waals surface area (Å²) in [6, 6.07) is 13.1. The number of aryl methyl sites for hydroxylation is 1. The number of sulfone groups is 2. The van der Waals surface area contributed by atoms with Gasteiger partial charge in [-0.2, -0.15) is 0 Å². The summed E-state index contributed by atoms with van der Waals surface area (Å²) >= 11 is 0. The second-order valence-corrected chi connectivity index (χ2v) is 13.1. The Hall–Kier alpha value is -2.07. The molecule has 0 unspecified atom stereocenters. The average molecular weight is 493 g/mol. The zero-order chi connectivity index (χ0) is 23.6. The van der Waals surface area contributed by atoms with Crippen molar-refractivity contribution >= 4 is 25.8 Å². The van der Waals surface area contributed by atoms with Crippen LogP contribution in [0, 0.1) is 12.7 Å². The fraction of sp³-hybridized carbons (Fsp3) is 0.417. The Labute approximate surface area is 195 Å². The highest BCUT2D eigenvalue weighted by Gasteiger charge is 2.48. The maximum Gasteiger partial charge on any atom is 0.183 e. The first-order valence-electron chi connectivity index (χ1n) is 11.0. The third-order valence-electron chi connectivity index (χ3n) is 6.48. The van der Waals surface area contributed by atoms with Crippen molar-refractivity contribution in [1.29, 1.82) is 0 Å². The van der Waals surface area contributed by atoms with Gasteiger partial charge in [-0.3, -0.25) is 9.80 Å². The number of hydrogen-bond donors (Lipinski definition) is 0. The summed E-state index contributed by atoms with van der Waals surface area (Å²) < 4.78 is 65.3. The number of halogens is 1. The maximum atomic E-state index is 13.7. The Morgan fingerprint density at radius 3 is 2.39 bits per heavy atom. The van der Waals surface area contributed by atoms with Gasteiger partial charge in [0.1, 0.15) is 5.82 Å². The van der Waals surface area contributed by atoms with Gasteiger partial charge in [-0.05, 0) is 36.2 Å². The number of hydrogen-bond acceptors (Lipinski definition) is 6. The molecular weight excluding hydrogens is 463 g/mol. The quantitative estimate of drug-likeness (QED) is 0.577. The third-order valence-corrected chi connectivity index (χ3v) is 10.6. The molecule has 0 aromatic heterocycles. The molecule has 0 radical (unpaired) electrons. The molecule has 4 rings (SSSR count). The van der Waals surface area contributed by atoms with Crippen LogP contribution in [-0.2, 0) is 19.7 Å². The van der Waals surface area contributed by atoms with Gasteiger partial charge in [-0.25, -0.2) is 21.2 Å². The number of nitrogens with zero attached hydrogens (tertiary/aromatic N) is 2. The van der Waals surface area contributed by atoms with Crippen LogP contribution in [0.4, 0.5) is 4.39 Å². The Balaban J connectivity index is 1.44. The van der Waals surface area contributed by atoms with Gasteiger partial charge in [0.25, 0.3) is 0 Å². The number of benzene rings is 2. The predicted octanol–water partition coefficient (Wildman–Crippen LogP) is 2.40. The molecule has 2 aliphatic rings. The Morgan fingerprint density at radius 2 is 1.73 bits per heavy atom. The SMILES string of the molecule is Cc1cc(S(=O)(=O)[C@@H]2CS(=O)(=O)C[C@H]2N2CCN(C/C=C/c3ccccc3)CC2)ccc1F. The minimum Gasteiger partial charge on any atom is -0.297 e. The highest BCUT2D eigenvalue weighted by atomic mass is 32.2. The van der Waals surface area contributed by atoms with E-state index < -0.39 is 42.5 Å². The van der Waals surface area contributed by atoms with E-state index >= 15 is 0 Å². The zero-order valence-corrected chi connectivity index (χ0v) is 20.2. The van der Waals surface area contributed by atoms with Gasteiger partial charge in [0.2, 0.25) is 0 Å². The molecule has 0 spiro atoms. The molecule has 0 saturated carbocycles. The summed E-state index contributed by atoms with van der Waals surface area (Å²) in [6.07, 6.45) is 4.18. The normalized spacial score (nSPS) is 24.4. The molecule has 2 heterocycles. The van der Waals surface area contributed by atoms with Gasteiger partial charge < -0.3 is 0 Å². The molecular formula is C24H29FN2O4S2. The van der Waals surface area contributed by atoms with Crippen molar-refractivity contribution in [2.24, 2.45) is 0 Å². The van der Waals surface area contributed by atoms with Crippen LogP contribution < -0.4 is 0 Å². The molecule has 9 heteroatoms. The van der Waals surface area contributed by atoms with Crippen LogP contribution in [0.15, 0.2) is 59.5 Å². The van der Waals surface area contributed by atoms with Crippen LogP contribution in [-0.4, -0.2) is 82.2 Å². The molecule has 2 fully saturated rings. The van der Waals surface area contributed by atoms with Gasteiger partial charge in [0.05, 0.1) is 21.7 Å². The topological polar surface area (TPSA) is 74.8 Å². The van der Waals surface area contributed by atoms with Gasteiger partial charge in [0, 0.05) is 38.8 Å². The Morgan fingerprint density at radius 1 is 1.03 bits per heavy atom. The molecule has 2 aromatic rings. The van der Waals surface area contributed by atoms with E-state index in [1.165, 1.54) is 19.1 Å². The van der Waals surface area contributed by atoms with Gasteiger partial charge in [-0.15, -0.1) is 0 Å². The highest BCUT2D eigenvalue weighted by molar-refractivity contribution is 7.96. The highest BCUT2D eigenvalue weighted by Crippen LogP contribution is 2.30. The fourth-order valence-corrected chi connectivity index (χ4v) is 9.50. The molecule has 0 bridgehead atoms. The van der Waals surface area contributed by atoms with E-state index in [1.54, 1.807) is 0 Å². The molecule has 2 saturated heterocycles. The lowest BCUT2D eigenvalue weighted by Gasteiger charge is -2.39. The van der Waals surface area contributed by atoms with Crippen LogP contribution in [0.5, 0.6) is 0 Å². The van der Waals surface area contributed by atoms with E-state index in [0.29, 0.717) is 13.1 Å². The van der Waals surface area contributed by atoms with E-state index in [9.17, 15) is 21.2 Å². The molecule has 0 aliphatic carbocycles. The number of piperazine rings is 1. The standard InChI is InChI=1S/C24H29FN2O4S2/c1-19-16-21(9-10-22(19)25)33(30,31)24-18-32(28,29)17-23(24)27-14-12-26(13-15-27)11-5-8-20-6-3-2-4-7-20/h2-10,16,23-24H,11-15,17-18H2,1H3/b8-5+/t23-,24-/m1/s1. The predicted molar refractivity (Wildman–Crippen MR) is 128 cm³/mol. The lowest BCUT2D eigenvalue weighted by molar-refractivity contribution is 0.113. The van der Waals surface area contributed by atoms with E-state index in [1.807, 2.05) is 35.2 Å². The van der Waals surface area contributed by atoms with Gasteiger partial charge >= 0.3 is 0 Å². The summed E-state index contributed by atoms with van der Waals surface area (Å²) in [6.45, 7) is 4.96. The van der Waals surface area contributed by atoms with E-state index in [2.05, 4.69) is 17.1 Å². The second kappa shape index (κ2) is 9.66. The first-order chi connectivity index (χ1) is 15.7. The summed E-state index contributed by atoms with van der Waals surface area (Å²) in [5.74, 6) is -1.04. The van der Waals surface area contributed by atoms with E-state index in [4.69, 9.17) is 0 Å². The Bertz CT molecular complexity index is 1220. The largest absolute Gasteiger partial charge is 0.297 e. The summed E-state index contributed by atoms with van der Waals surface area (Å²) in [7, 11) is -7.40. The molecule has 6 nitrogen and oxygen atoms in total. The lowest BCUT2D eigenvalue weighted by Crippen LogP contribution is -2.54. The minimum absolute atomic E-state index is 0.0156. The lowest BCUT2D eigenvalue weighted by atomic mass is 10.1. The Kier molecular flexibility index (Phi) is 7.04. The number of rotatable bonds is 6. The zero-order valence-electron chi connectivity index (χ0n) is 18.6. The van der Waals surface area contributed by atoms with E-state index in [0.717, 1.165) is 31.3 Å². The van der Waals surface area contributed by atoms with Crippen molar-refractivity contribution in [3.8, 4) is 0 Å². The first-order valence-corrected chi connectivity index (χ1v) is 14.4. The van der Waals surface area contributed by atoms with E-state index in [-0.39, 0.29) is 16.2 Å². The minimum atomic E-state index is -3.92.